The first-order chi connectivity index (χ1) is 8.76. The molecule has 0 heterocycles. The third-order valence-electron chi connectivity index (χ3n) is 3.49. The van der Waals surface area contributed by atoms with Crippen LogP contribution in [0.5, 0.6) is 0 Å². The van der Waals surface area contributed by atoms with E-state index in [0.29, 0.717) is 23.2 Å². The molecular formula is C14H17ClN2O. The highest BCUT2D eigenvalue weighted by atomic mass is 35.5. The van der Waals surface area contributed by atoms with Gasteiger partial charge in [0.15, 0.2) is 0 Å². The Hall–Kier alpha value is -1.24. The van der Waals surface area contributed by atoms with Gasteiger partial charge in [-0.05, 0) is 31.0 Å². The summed E-state index contributed by atoms with van der Waals surface area (Å²) in [5, 5.41) is 19.0. The van der Waals surface area contributed by atoms with Gasteiger partial charge in [-0.15, -0.1) is 0 Å². The van der Waals surface area contributed by atoms with Gasteiger partial charge < -0.3 is 10.0 Å². The molecule has 2 rings (SSSR count). The Morgan fingerprint density at radius 2 is 2.11 bits per heavy atom. The van der Waals surface area contributed by atoms with E-state index in [-0.39, 0.29) is 6.61 Å². The molecule has 0 bridgehead atoms. The molecule has 1 saturated carbocycles. The average molecular weight is 265 g/mol. The van der Waals surface area contributed by atoms with E-state index in [1.165, 1.54) is 12.8 Å². The summed E-state index contributed by atoms with van der Waals surface area (Å²) in [4.78, 5) is 2.15. The number of aliphatic hydroxyl groups excluding tert-OH is 1. The van der Waals surface area contributed by atoms with Crippen molar-refractivity contribution in [2.24, 2.45) is 0 Å². The molecular weight excluding hydrogens is 248 g/mol. The van der Waals surface area contributed by atoms with E-state index in [4.69, 9.17) is 11.6 Å². The monoisotopic (exact) mass is 264 g/mol. The van der Waals surface area contributed by atoms with Crippen LogP contribution in [0.4, 0.5) is 5.69 Å². The number of nitriles is 1. The summed E-state index contributed by atoms with van der Waals surface area (Å²) in [6.45, 7) is 0.672. The average Bonchev–Trinajstić information content (AvgIpc) is 2.90. The summed E-state index contributed by atoms with van der Waals surface area (Å²) in [6, 6.07) is 8.00. The molecule has 0 atom stereocenters. The predicted molar refractivity (Wildman–Crippen MR) is 72.9 cm³/mol. The third-order valence-corrected chi connectivity index (χ3v) is 3.73. The number of aliphatic hydroxyl groups is 1. The van der Waals surface area contributed by atoms with E-state index in [1.54, 1.807) is 12.1 Å². The van der Waals surface area contributed by atoms with Crippen LogP contribution in [-0.4, -0.2) is 24.3 Å². The number of anilines is 1. The Bertz CT molecular complexity index is 450. The highest BCUT2D eigenvalue weighted by molar-refractivity contribution is 6.30. The van der Waals surface area contributed by atoms with E-state index in [0.717, 1.165) is 18.5 Å². The van der Waals surface area contributed by atoms with Crippen LogP contribution >= 0.6 is 11.6 Å². The van der Waals surface area contributed by atoms with Gasteiger partial charge in [-0.3, -0.25) is 0 Å². The van der Waals surface area contributed by atoms with Crippen molar-refractivity contribution in [1.29, 1.82) is 5.26 Å². The molecule has 1 N–H and O–H groups in total. The van der Waals surface area contributed by atoms with Crippen molar-refractivity contribution in [2.45, 2.75) is 31.7 Å². The molecule has 4 heteroatoms. The normalized spacial score (nSPS) is 15.6. The molecule has 0 saturated heterocycles. The molecule has 0 amide bonds. The van der Waals surface area contributed by atoms with Crippen molar-refractivity contribution < 1.29 is 5.11 Å². The fourth-order valence-electron chi connectivity index (χ4n) is 2.67. The first-order valence-corrected chi connectivity index (χ1v) is 6.71. The Kier molecular flexibility index (Phi) is 4.46. The Morgan fingerprint density at radius 3 is 2.72 bits per heavy atom. The fourth-order valence-corrected chi connectivity index (χ4v) is 2.84. The Labute approximate surface area is 113 Å². The van der Waals surface area contributed by atoms with Gasteiger partial charge in [0.1, 0.15) is 6.07 Å². The molecule has 1 aromatic rings. The van der Waals surface area contributed by atoms with Crippen LogP contribution in [-0.2, 0) is 0 Å². The minimum absolute atomic E-state index is 0.101. The van der Waals surface area contributed by atoms with Crippen LogP contribution in [0, 0.1) is 11.3 Å². The minimum Gasteiger partial charge on any atom is -0.395 e. The summed E-state index contributed by atoms with van der Waals surface area (Å²) in [6.07, 6.45) is 4.71. The SMILES string of the molecule is N#Cc1cc(Cl)ccc1N(CCO)C1CCCC1. The molecule has 0 aromatic heterocycles. The standard InChI is InChI=1S/C14H17ClN2O/c15-12-5-6-14(11(9-12)10-16)17(7-8-18)13-3-1-2-4-13/h5-6,9,13,18H,1-4,7-8H2. The van der Waals surface area contributed by atoms with Crippen molar-refractivity contribution in [1.82, 2.24) is 0 Å². The Morgan fingerprint density at radius 1 is 1.39 bits per heavy atom. The molecule has 1 fully saturated rings. The van der Waals surface area contributed by atoms with Crippen molar-refractivity contribution in [3.63, 3.8) is 0 Å². The first-order valence-electron chi connectivity index (χ1n) is 6.33. The number of benzene rings is 1. The summed E-state index contributed by atoms with van der Waals surface area (Å²) >= 11 is 5.92. The zero-order chi connectivity index (χ0) is 13.0. The number of hydrogen-bond acceptors (Lipinski definition) is 3. The maximum Gasteiger partial charge on any atom is 0.101 e. The molecule has 96 valence electrons. The van der Waals surface area contributed by atoms with Gasteiger partial charge in [-0.2, -0.15) is 5.26 Å². The van der Waals surface area contributed by atoms with E-state index < -0.39 is 0 Å². The van der Waals surface area contributed by atoms with Crippen LogP contribution in [0.2, 0.25) is 5.02 Å². The smallest absolute Gasteiger partial charge is 0.101 e. The van der Waals surface area contributed by atoms with Gasteiger partial charge in [0.2, 0.25) is 0 Å². The highest BCUT2D eigenvalue weighted by Crippen LogP contribution is 2.31. The summed E-state index contributed by atoms with van der Waals surface area (Å²) in [5.74, 6) is 0. The second kappa shape index (κ2) is 6.08. The van der Waals surface area contributed by atoms with Gasteiger partial charge in [0.05, 0.1) is 17.9 Å². The van der Waals surface area contributed by atoms with E-state index in [1.807, 2.05) is 6.07 Å². The zero-order valence-electron chi connectivity index (χ0n) is 10.3. The lowest BCUT2D eigenvalue weighted by atomic mass is 10.1. The number of hydrogen-bond donors (Lipinski definition) is 1. The van der Waals surface area contributed by atoms with Crippen molar-refractivity contribution in [3.05, 3.63) is 28.8 Å². The lowest BCUT2D eigenvalue weighted by Gasteiger charge is -2.31. The van der Waals surface area contributed by atoms with Gasteiger partial charge in [0.25, 0.3) is 0 Å². The lowest BCUT2D eigenvalue weighted by Crippen LogP contribution is -2.36. The number of halogens is 1. The maximum absolute atomic E-state index is 9.23. The molecule has 0 unspecified atom stereocenters. The van der Waals surface area contributed by atoms with E-state index in [9.17, 15) is 10.4 Å². The molecule has 1 aliphatic carbocycles. The lowest BCUT2D eigenvalue weighted by molar-refractivity contribution is 0.297. The van der Waals surface area contributed by atoms with Crippen LogP contribution in [0.1, 0.15) is 31.2 Å². The zero-order valence-corrected chi connectivity index (χ0v) is 11.0. The second-order valence-corrected chi connectivity index (χ2v) is 5.06. The molecule has 0 spiro atoms. The predicted octanol–water partition coefficient (Wildman–Crippen LogP) is 2.95. The quantitative estimate of drug-likeness (QED) is 0.910. The van der Waals surface area contributed by atoms with Crippen LogP contribution in [0.15, 0.2) is 18.2 Å². The van der Waals surface area contributed by atoms with Crippen molar-refractivity contribution >= 4 is 17.3 Å². The van der Waals surface area contributed by atoms with Gasteiger partial charge >= 0.3 is 0 Å². The van der Waals surface area contributed by atoms with E-state index in [2.05, 4.69) is 11.0 Å². The van der Waals surface area contributed by atoms with Gasteiger partial charge in [-0.25, -0.2) is 0 Å². The molecule has 18 heavy (non-hydrogen) atoms. The van der Waals surface area contributed by atoms with Crippen LogP contribution < -0.4 is 4.90 Å². The number of rotatable bonds is 4. The topological polar surface area (TPSA) is 47.3 Å². The minimum atomic E-state index is 0.101. The maximum atomic E-state index is 9.23. The molecule has 3 nitrogen and oxygen atoms in total. The Balaban J connectivity index is 2.32. The van der Waals surface area contributed by atoms with Gasteiger partial charge in [-0.1, -0.05) is 24.4 Å². The van der Waals surface area contributed by atoms with Crippen LogP contribution in [0.3, 0.4) is 0 Å². The second-order valence-electron chi connectivity index (χ2n) is 4.63. The van der Waals surface area contributed by atoms with Gasteiger partial charge in [0, 0.05) is 17.6 Å². The molecule has 1 aliphatic rings. The first kappa shape index (κ1) is 13.2. The summed E-state index contributed by atoms with van der Waals surface area (Å²) in [5.41, 5.74) is 1.48. The fraction of sp³-hybridized carbons (Fsp3) is 0.500. The van der Waals surface area contributed by atoms with Crippen molar-refractivity contribution in [2.75, 3.05) is 18.1 Å². The van der Waals surface area contributed by atoms with Crippen LogP contribution in [0.25, 0.3) is 0 Å². The highest BCUT2D eigenvalue weighted by Gasteiger charge is 2.24. The molecule has 0 aliphatic heterocycles. The van der Waals surface area contributed by atoms with E-state index >= 15 is 0 Å². The summed E-state index contributed by atoms with van der Waals surface area (Å²) < 4.78 is 0. The van der Waals surface area contributed by atoms with Crippen molar-refractivity contribution in [3.8, 4) is 6.07 Å². The third kappa shape index (κ3) is 2.77. The number of nitrogens with zero attached hydrogens (tertiary/aromatic N) is 2. The summed E-state index contributed by atoms with van der Waals surface area (Å²) in [7, 11) is 0. The molecule has 1 aromatic carbocycles. The molecule has 0 radical (unpaired) electrons. The largest absolute Gasteiger partial charge is 0.395 e.